The summed E-state index contributed by atoms with van der Waals surface area (Å²) in [5.74, 6) is -0.125. The third-order valence-electron chi connectivity index (χ3n) is 4.98. The van der Waals surface area contributed by atoms with Gasteiger partial charge in [-0.1, -0.05) is 24.3 Å². The molecule has 0 fully saturated rings. The maximum Gasteiger partial charge on any atom is 0.337 e. The number of para-hydroxylation sites is 1. The molecule has 0 bridgehead atoms. The predicted molar refractivity (Wildman–Crippen MR) is 112 cm³/mol. The van der Waals surface area contributed by atoms with Gasteiger partial charge < -0.3 is 14.6 Å². The minimum atomic E-state index is -1.12. The first-order valence-electron chi connectivity index (χ1n) is 9.88. The summed E-state index contributed by atoms with van der Waals surface area (Å²) in [7, 11) is 0. The Morgan fingerprint density at radius 3 is 2.76 bits per heavy atom. The van der Waals surface area contributed by atoms with Crippen molar-refractivity contribution < 1.29 is 19.4 Å². The van der Waals surface area contributed by atoms with E-state index in [1.54, 1.807) is 6.20 Å². The minimum absolute atomic E-state index is 0.558. The van der Waals surface area contributed by atoms with E-state index in [0.29, 0.717) is 5.56 Å². The summed E-state index contributed by atoms with van der Waals surface area (Å²) >= 11 is 0. The molecule has 0 saturated heterocycles. The Morgan fingerprint density at radius 2 is 2.00 bits per heavy atom. The van der Waals surface area contributed by atoms with Crippen LogP contribution in [0.25, 0.3) is 22.0 Å². The Bertz CT molecular complexity index is 1070. The normalized spacial score (nSPS) is 14.9. The number of fused-ring (bicyclic) bond motifs is 2. The average molecular weight is 391 g/mol. The smallest absolute Gasteiger partial charge is 0.337 e. The molecule has 0 amide bonds. The quantitative estimate of drug-likeness (QED) is 0.665. The van der Waals surface area contributed by atoms with Crippen molar-refractivity contribution >= 4 is 16.9 Å². The van der Waals surface area contributed by atoms with Crippen molar-refractivity contribution in [3.05, 3.63) is 59.8 Å². The molecule has 1 unspecified atom stereocenters. The third-order valence-corrected chi connectivity index (χ3v) is 4.98. The van der Waals surface area contributed by atoms with Gasteiger partial charge in [-0.2, -0.15) is 0 Å². The Labute approximate surface area is 170 Å². The average Bonchev–Trinajstić information content (AvgIpc) is 2.70. The second-order valence-electron chi connectivity index (χ2n) is 8.33. The number of hydrogen-bond donors (Lipinski definition) is 1. The fourth-order valence-electron chi connectivity index (χ4n) is 3.79. The molecule has 5 heteroatoms. The molecule has 3 aromatic rings. The molecular weight excluding hydrogens is 366 g/mol. The number of carbonyl (C=O) groups is 1. The van der Waals surface area contributed by atoms with E-state index in [1.807, 2.05) is 57.2 Å². The van der Waals surface area contributed by atoms with E-state index in [1.165, 1.54) is 0 Å². The molecule has 2 aromatic carbocycles. The summed E-state index contributed by atoms with van der Waals surface area (Å²) in [6.07, 6.45) is 2.45. The number of carboxylic acid groups (broad SMARTS) is 1. The van der Waals surface area contributed by atoms with Crippen LogP contribution < -0.4 is 4.74 Å². The van der Waals surface area contributed by atoms with Crippen LogP contribution in [0.15, 0.2) is 48.7 Å². The van der Waals surface area contributed by atoms with Gasteiger partial charge in [0.05, 0.1) is 17.7 Å². The molecule has 1 aliphatic rings. The maximum atomic E-state index is 12.2. The molecule has 29 heavy (non-hydrogen) atoms. The summed E-state index contributed by atoms with van der Waals surface area (Å²) in [5, 5.41) is 10.9. The summed E-state index contributed by atoms with van der Waals surface area (Å²) < 4.78 is 11.7. The van der Waals surface area contributed by atoms with Crippen molar-refractivity contribution in [2.24, 2.45) is 0 Å². The number of hydrogen-bond acceptors (Lipinski definition) is 4. The van der Waals surface area contributed by atoms with E-state index in [-0.39, 0.29) is 0 Å². The molecule has 0 saturated carbocycles. The van der Waals surface area contributed by atoms with Crippen LogP contribution in [0.2, 0.25) is 0 Å². The standard InChI is InChI=1S/C24H25NO4/c1-24(2,3)29-22(23(26)27)18-14-25-19-9-5-4-8-17(19)21(18)16-10-11-20-15(13-16)7-6-12-28-20/h4-5,8-11,13-14,22H,6-7,12H2,1-3H3,(H,26,27). The van der Waals surface area contributed by atoms with Crippen LogP contribution in [-0.2, 0) is 16.0 Å². The van der Waals surface area contributed by atoms with E-state index in [2.05, 4.69) is 11.1 Å². The number of ether oxygens (including phenoxy) is 2. The molecule has 1 aliphatic heterocycles. The first-order chi connectivity index (χ1) is 13.8. The van der Waals surface area contributed by atoms with E-state index < -0.39 is 17.7 Å². The minimum Gasteiger partial charge on any atom is -0.493 e. The van der Waals surface area contributed by atoms with Crippen molar-refractivity contribution in [1.82, 2.24) is 4.98 Å². The number of aliphatic carboxylic acids is 1. The monoisotopic (exact) mass is 391 g/mol. The van der Waals surface area contributed by atoms with E-state index >= 15 is 0 Å². The van der Waals surface area contributed by atoms with Gasteiger partial charge in [0.25, 0.3) is 0 Å². The maximum absolute atomic E-state index is 12.2. The molecule has 1 N–H and O–H groups in total. The summed E-state index contributed by atoms with van der Waals surface area (Å²) in [6.45, 7) is 6.30. The highest BCUT2D eigenvalue weighted by molar-refractivity contribution is 5.98. The van der Waals surface area contributed by atoms with Crippen LogP contribution in [0.4, 0.5) is 0 Å². The van der Waals surface area contributed by atoms with Crippen LogP contribution in [0.1, 0.15) is 44.4 Å². The van der Waals surface area contributed by atoms with E-state index in [4.69, 9.17) is 9.47 Å². The van der Waals surface area contributed by atoms with Gasteiger partial charge in [-0.3, -0.25) is 4.98 Å². The zero-order chi connectivity index (χ0) is 20.6. The van der Waals surface area contributed by atoms with Gasteiger partial charge in [-0.25, -0.2) is 4.79 Å². The van der Waals surface area contributed by atoms with Crippen molar-refractivity contribution in [3.8, 4) is 16.9 Å². The first kappa shape index (κ1) is 19.4. The van der Waals surface area contributed by atoms with E-state index in [0.717, 1.165) is 52.8 Å². The zero-order valence-electron chi connectivity index (χ0n) is 16.9. The second kappa shape index (κ2) is 7.48. The number of aromatic nitrogens is 1. The SMILES string of the molecule is CC(C)(C)OC(C(=O)O)c1cnc2ccccc2c1-c1ccc2c(c1)CCCO2. The van der Waals surface area contributed by atoms with Crippen LogP contribution in [-0.4, -0.2) is 28.3 Å². The van der Waals surface area contributed by atoms with Gasteiger partial charge in [-0.15, -0.1) is 0 Å². The van der Waals surface area contributed by atoms with Crippen LogP contribution in [0, 0.1) is 0 Å². The summed E-state index contributed by atoms with van der Waals surface area (Å²) in [5.41, 5.74) is 3.70. The molecule has 0 radical (unpaired) electrons. The molecule has 0 spiro atoms. The fourth-order valence-corrected chi connectivity index (χ4v) is 3.79. The van der Waals surface area contributed by atoms with Gasteiger partial charge in [0.2, 0.25) is 0 Å². The topological polar surface area (TPSA) is 68.7 Å². The van der Waals surface area contributed by atoms with Crippen molar-refractivity contribution in [1.29, 1.82) is 0 Å². The molecule has 5 nitrogen and oxygen atoms in total. The Balaban J connectivity index is 1.95. The lowest BCUT2D eigenvalue weighted by Gasteiger charge is -2.27. The first-order valence-corrected chi connectivity index (χ1v) is 9.88. The van der Waals surface area contributed by atoms with Crippen molar-refractivity contribution in [3.63, 3.8) is 0 Å². The number of benzene rings is 2. The molecule has 2 heterocycles. The Morgan fingerprint density at radius 1 is 1.21 bits per heavy atom. The van der Waals surface area contributed by atoms with E-state index in [9.17, 15) is 9.90 Å². The van der Waals surface area contributed by atoms with Crippen molar-refractivity contribution in [2.75, 3.05) is 6.61 Å². The van der Waals surface area contributed by atoms with Gasteiger partial charge >= 0.3 is 5.97 Å². The highest BCUT2D eigenvalue weighted by Crippen LogP contribution is 2.39. The highest BCUT2D eigenvalue weighted by Gasteiger charge is 2.30. The van der Waals surface area contributed by atoms with Crippen LogP contribution >= 0.6 is 0 Å². The summed E-state index contributed by atoms with van der Waals surface area (Å²) in [4.78, 5) is 16.7. The molecule has 0 aliphatic carbocycles. The number of carboxylic acids is 1. The third kappa shape index (κ3) is 3.96. The Kier molecular flexibility index (Phi) is 5.01. The number of nitrogens with zero attached hydrogens (tertiary/aromatic N) is 1. The molecular formula is C24H25NO4. The summed E-state index contributed by atoms with van der Waals surface area (Å²) in [6, 6.07) is 13.9. The second-order valence-corrected chi connectivity index (χ2v) is 8.33. The Hall–Kier alpha value is -2.92. The van der Waals surface area contributed by atoms with Gasteiger partial charge in [0.15, 0.2) is 6.10 Å². The zero-order valence-corrected chi connectivity index (χ0v) is 16.9. The number of rotatable bonds is 4. The highest BCUT2D eigenvalue weighted by atomic mass is 16.5. The van der Waals surface area contributed by atoms with Gasteiger partial charge in [0, 0.05) is 17.1 Å². The lowest BCUT2D eigenvalue weighted by Crippen LogP contribution is -2.27. The predicted octanol–water partition coefficient (Wildman–Crippen LogP) is 5.17. The van der Waals surface area contributed by atoms with Gasteiger partial charge in [-0.05, 0) is 68.5 Å². The lowest BCUT2D eigenvalue weighted by molar-refractivity contribution is -0.160. The largest absolute Gasteiger partial charge is 0.493 e. The molecule has 1 aromatic heterocycles. The van der Waals surface area contributed by atoms with Gasteiger partial charge in [0.1, 0.15) is 5.75 Å². The molecule has 4 rings (SSSR count). The fraction of sp³-hybridized carbons (Fsp3) is 0.333. The molecule has 1 atom stereocenters. The van der Waals surface area contributed by atoms with Crippen LogP contribution in [0.3, 0.4) is 0 Å². The number of aryl methyl sites for hydroxylation is 1. The lowest BCUT2D eigenvalue weighted by atomic mass is 9.91. The molecule has 150 valence electrons. The number of pyridine rings is 1. The van der Waals surface area contributed by atoms with Crippen LogP contribution in [0.5, 0.6) is 5.75 Å². The van der Waals surface area contributed by atoms with Crippen molar-refractivity contribution in [2.45, 2.75) is 45.3 Å².